The van der Waals surface area contributed by atoms with E-state index in [0.717, 1.165) is 37.3 Å². The number of carbonyl (C=O) groups excluding carboxylic acids is 1. The third-order valence-electron chi connectivity index (χ3n) is 6.70. The van der Waals surface area contributed by atoms with Gasteiger partial charge in [0.1, 0.15) is 0 Å². The van der Waals surface area contributed by atoms with Crippen molar-refractivity contribution in [2.75, 3.05) is 32.7 Å². The minimum atomic E-state index is -4.49. The molecule has 0 spiro atoms. The molecule has 0 aliphatic carbocycles. The molecule has 2 aromatic carbocycles. The van der Waals surface area contributed by atoms with Crippen molar-refractivity contribution in [2.45, 2.75) is 24.0 Å². The van der Waals surface area contributed by atoms with Gasteiger partial charge < -0.3 is 9.80 Å². The Morgan fingerprint density at radius 3 is 2.49 bits per heavy atom. The Balaban J connectivity index is 1.45. The summed E-state index contributed by atoms with van der Waals surface area (Å²) in [4.78, 5) is 21.7. The van der Waals surface area contributed by atoms with Crippen LogP contribution in [0.15, 0.2) is 78.2 Å². The molecule has 2 aromatic heterocycles. The predicted octanol–water partition coefficient (Wildman–Crippen LogP) is 5.42. The quantitative estimate of drug-likeness (QED) is 0.286. The second-order valence-electron chi connectivity index (χ2n) is 9.10. The molecule has 1 aliphatic heterocycles. The van der Waals surface area contributed by atoms with Crippen LogP contribution in [0.5, 0.6) is 0 Å². The van der Waals surface area contributed by atoms with Gasteiger partial charge >= 0.3 is 6.18 Å². The summed E-state index contributed by atoms with van der Waals surface area (Å²) in [5, 5.41) is 9.04. The van der Waals surface area contributed by atoms with E-state index in [4.69, 9.17) is 0 Å². The van der Waals surface area contributed by atoms with Crippen LogP contribution >= 0.6 is 11.8 Å². The largest absolute Gasteiger partial charge is 0.416 e. The molecule has 4 aromatic rings. The molecule has 5 rings (SSSR count). The fourth-order valence-corrected chi connectivity index (χ4v) is 5.49. The molecule has 1 aliphatic rings. The lowest BCUT2D eigenvalue weighted by Crippen LogP contribution is -2.48. The number of benzene rings is 2. The van der Waals surface area contributed by atoms with Crippen LogP contribution in [0.2, 0.25) is 0 Å². The second-order valence-corrected chi connectivity index (χ2v) is 10.0. The Kier molecular flexibility index (Phi) is 7.99. The zero-order chi connectivity index (χ0) is 27.4. The average molecular weight is 553 g/mol. The second kappa shape index (κ2) is 11.6. The minimum absolute atomic E-state index is 0.0163. The van der Waals surface area contributed by atoms with Crippen molar-refractivity contribution in [3.8, 4) is 17.1 Å². The highest BCUT2D eigenvalue weighted by Gasteiger charge is 2.31. The molecule has 7 nitrogen and oxygen atoms in total. The predicted molar refractivity (Wildman–Crippen MR) is 144 cm³/mol. The van der Waals surface area contributed by atoms with Crippen molar-refractivity contribution in [3.63, 3.8) is 0 Å². The van der Waals surface area contributed by atoms with Crippen LogP contribution in [0.4, 0.5) is 13.2 Å². The average Bonchev–Trinajstić information content (AvgIpc) is 3.40. The van der Waals surface area contributed by atoms with Crippen LogP contribution in [0, 0.1) is 0 Å². The number of rotatable bonds is 7. The monoisotopic (exact) mass is 552 g/mol. The number of alkyl halides is 3. The molecule has 1 amide bonds. The van der Waals surface area contributed by atoms with E-state index in [1.165, 1.54) is 17.8 Å². The van der Waals surface area contributed by atoms with E-state index in [1.54, 1.807) is 35.2 Å². The Labute approximate surface area is 228 Å². The summed E-state index contributed by atoms with van der Waals surface area (Å²) in [6, 6.07) is 16.0. The van der Waals surface area contributed by atoms with Crippen molar-refractivity contribution in [3.05, 3.63) is 89.7 Å². The Morgan fingerprint density at radius 2 is 1.77 bits per heavy atom. The molecule has 0 unspecified atom stereocenters. The highest BCUT2D eigenvalue weighted by molar-refractivity contribution is 7.98. The molecule has 0 saturated carbocycles. The van der Waals surface area contributed by atoms with Gasteiger partial charge in [-0.25, -0.2) is 0 Å². The summed E-state index contributed by atoms with van der Waals surface area (Å²) < 4.78 is 42.2. The van der Waals surface area contributed by atoms with E-state index in [1.807, 2.05) is 29.2 Å². The van der Waals surface area contributed by atoms with Gasteiger partial charge in [-0.1, -0.05) is 43.0 Å². The normalized spacial score (nSPS) is 14.5. The van der Waals surface area contributed by atoms with Gasteiger partial charge in [0.2, 0.25) is 0 Å². The van der Waals surface area contributed by atoms with Crippen LogP contribution < -0.4 is 0 Å². The van der Waals surface area contributed by atoms with E-state index in [-0.39, 0.29) is 11.6 Å². The maximum absolute atomic E-state index is 13.5. The maximum Gasteiger partial charge on any atom is 0.416 e. The molecular weight excluding hydrogens is 525 g/mol. The summed E-state index contributed by atoms with van der Waals surface area (Å²) in [6.07, 6.45) is -1.29. The Hall–Kier alpha value is -3.70. The first kappa shape index (κ1) is 26.9. The molecule has 1 fully saturated rings. The molecule has 0 radical (unpaired) electrons. The molecule has 1 saturated heterocycles. The summed E-state index contributed by atoms with van der Waals surface area (Å²) in [6.45, 7) is 6.11. The SMILES string of the molecule is CCN1CCN(C(=O)c2ccccc2CSc2nnc(-c3cccnc3)n2-c2cccc(C(F)(F)F)c2)CC1. The molecule has 0 atom stereocenters. The van der Waals surface area contributed by atoms with Gasteiger partial charge in [-0.05, 0) is 48.5 Å². The number of thioether (sulfide) groups is 1. The fourth-order valence-electron chi connectivity index (χ4n) is 4.53. The van der Waals surface area contributed by atoms with E-state index in [2.05, 4.69) is 27.0 Å². The number of likely N-dealkylation sites (N-methyl/N-ethyl adjacent to an activating group) is 1. The number of amides is 1. The number of hydrogen-bond acceptors (Lipinski definition) is 6. The smallest absolute Gasteiger partial charge is 0.336 e. The summed E-state index contributed by atoms with van der Waals surface area (Å²) in [5.74, 6) is 0.751. The third kappa shape index (κ3) is 5.99. The molecule has 202 valence electrons. The lowest BCUT2D eigenvalue weighted by Gasteiger charge is -2.34. The number of carbonyl (C=O) groups is 1. The lowest BCUT2D eigenvalue weighted by atomic mass is 10.1. The van der Waals surface area contributed by atoms with Crippen molar-refractivity contribution in [1.29, 1.82) is 0 Å². The summed E-state index contributed by atoms with van der Waals surface area (Å²) in [5.41, 5.74) is 1.59. The van der Waals surface area contributed by atoms with E-state index in [9.17, 15) is 18.0 Å². The Bertz CT molecular complexity index is 1430. The summed E-state index contributed by atoms with van der Waals surface area (Å²) >= 11 is 1.31. The zero-order valence-electron chi connectivity index (χ0n) is 21.3. The summed E-state index contributed by atoms with van der Waals surface area (Å²) in [7, 11) is 0. The van der Waals surface area contributed by atoms with Crippen LogP contribution in [0.1, 0.15) is 28.4 Å². The van der Waals surface area contributed by atoms with Gasteiger partial charge in [-0.3, -0.25) is 14.3 Å². The molecular formula is C28H27F3N6OS. The van der Waals surface area contributed by atoms with Gasteiger partial charge in [0.15, 0.2) is 11.0 Å². The maximum atomic E-state index is 13.5. The first-order valence-electron chi connectivity index (χ1n) is 12.6. The Morgan fingerprint density at radius 1 is 0.974 bits per heavy atom. The number of halogens is 3. The molecule has 39 heavy (non-hydrogen) atoms. The fraction of sp³-hybridized carbons (Fsp3) is 0.286. The van der Waals surface area contributed by atoms with Crippen LogP contribution in [-0.2, 0) is 11.9 Å². The zero-order valence-corrected chi connectivity index (χ0v) is 22.1. The van der Waals surface area contributed by atoms with Crippen molar-refractivity contribution in [1.82, 2.24) is 29.5 Å². The highest BCUT2D eigenvalue weighted by atomic mass is 32.2. The third-order valence-corrected chi connectivity index (χ3v) is 7.67. The van der Waals surface area contributed by atoms with E-state index >= 15 is 0 Å². The van der Waals surface area contributed by atoms with Crippen molar-refractivity contribution in [2.24, 2.45) is 0 Å². The van der Waals surface area contributed by atoms with E-state index in [0.29, 0.717) is 41.0 Å². The minimum Gasteiger partial charge on any atom is -0.336 e. The number of pyridine rings is 1. The number of hydrogen-bond donors (Lipinski definition) is 0. The highest BCUT2D eigenvalue weighted by Crippen LogP contribution is 2.34. The first-order chi connectivity index (χ1) is 18.8. The first-order valence-corrected chi connectivity index (χ1v) is 13.6. The van der Waals surface area contributed by atoms with Crippen LogP contribution in [-0.4, -0.2) is 68.2 Å². The number of nitrogens with zero attached hydrogens (tertiary/aromatic N) is 6. The number of aromatic nitrogens is 4. The van der Waals surface area contributed by atoms with Gasteiger partial charge in [-0.2, -0.15) is 13.2 Å². The lowest BCUT2D eigenvalue weighted by molar-refractivity contribution is -0.137. The van der Waals surface area contributed by atoms with Gasteiger partial charge in [0.05, 0.1) is 11.3 Å². The van der Waals surface area contributed by atoms with Crippen LogP contribution in [0.25, 0.3) is 17.1 Å². The molecule has 0 N–H and O–H groups in total. The molecule has 0 bridgehead atoms. The molecule has 11 heteroatoms. The number of piperazine rings is 1. The standard InChI is InChI=1S/C28H27F3N6OS/c1-2-35-13-15-36(16-14-35)26(38)24-11-4-3-7-21(24)19-39-27-34-33-25(20-8-6-12-32-18-20)37(27)23-10-5-9-22(17-23)28(29,30)31/h3-12,17-18H,2,13-16,19H2,1H3. The van der Waals surface area contributed by atoms with Crippen LogP contribution in [0.3, 0.4) is 0 Å². The van der Waals surface area contributed by atoms with Gasteiger partial charge in [-0.15, -0.1) is 10.2 Å². The topological polar surface area (TPSA) is 67.2 Å². The van der Waals surface area contributed by atoms with E-state index < -0.39 is 11.7 Å². The van der Waals surface area contributed by atoms with Gasteiger partial charge in [0.25, 0.3) is 5.91 Å². The van der Waals surface area contributed by atoms with Crippen molar-refractivity contribution >= 4 is 17.7 Å². The van der Waals surface area contributed by atoms with Gasteiger partial charge in [0, 0.05) is 55.5 Å². The van der Waals surface area contributed by atoms with Crippen molar-refractivity contribution < 1.29 is 18.0 Å². The molecule has 3 heterocycles.